The Balaban J connectivity index is 0.000000265. The van der Waals surface area contributed by atoms with Gasteiger partial charge in [0.25, 0.3) is 0 Å². The van der Waals surface area contributed by atoms with E-state index in [9.17, 15) is 0 Å². The Morgan fingerprint density at radius 1 is 1.07 bits per heavy atom. The van der Waals surface area contributed by atoms with Gasteiger partial charge in [-0.1, -0.05) is 52.9 Å². The first-order chi connectivity index (χ1) is 7.24. The molecule has 0 bridgehead atoms. The molecule has 0 saturated carbocycles. The van der Waals surface area contributed by atoms with Gasteiger partial charge in [0.1, 0.15) is 5.76 Å². The number of aromatic nitrogens is 1. The lowest BCUT2D eigenvalue weighted by atomic mass is 10.2. The first-order valence-corrected chi connectivity index (χ1v) is 6.15. The standard InChI is InChI=1S/C7H16.C6H9NO/c1-3-5-7-6-4-2;1-3-6-7-4-5(2)8-6/h3-7H2,1-2H3;4H,3H2,1-2H3. The van der Waals surface area contributed by atoms with Crippen molar-refractivity contribution in [3.05, 3.63) is 17.8 Å². The molecule has 1 aromatic heterocycles. The van der Waals surface area contributed by atoms with Gasteiger partial charge < -0.3 is 4.42 Å². The van der Waals surface area contributed by atoms with Crippen molar-refractivity contribution in [1.82, 2.24) is 4.98 Å². The largest absolute Gasteiger partial charge is 0.446 e. The van der Waals surface area contributed by atoms with Crippen LogP contribution in [0.5, 0.6) is 0 Å². The van der Waals surface area contributed by atoms with Crippen LogP contribution in [0.4, 0.5) is 0 Å². The van der Waals surface area contributed by atoms with Crippen LogP contribution < -0.4 is 0 Å². The molecule has 0 unspecified atom stereocenters. The van der Waals surface area contributed by atoms with E-state index in [0.717, 1.165) is 18.1 Å². The maximum absolute atomic E-state index is 5.12. The van der Waals surface area contributed by atoms with Crippen LogP contribution in [-0.4, -0.2) is 4.98 Å². The molecule has 1 aromatic rings. The highest BCUT2D eigenvalue weighted by Gasteiger charge is 1.92. The van der Waals surface area contributed by atoms with E-state index >= 15 is 0 Å². The summed E-state index contributed by atoms with van der Waals surface area (Å²) in [7, 11) is 0. The number of hydrogen-bond acceptors (Lipinski definition) is 2. The van der Waals surface area contributed by atoms with Gasteiger partial charge in [0.05, 0.1) is 6.20 Å². The highest BCUT2D eigenvalue weighted by atomic mass is 16.3. The number of oxazole rings is 1. The van der Waals surface area contributed by atoms with Crippen molar-refractivity contribution in [2.45, 2.75) is 66.2 Å². The second kappa shape index (κ2) is 9.75. The van der Waals surface area contributed by atoms with Crippen molar-refractivity contribution in [3.63, 3.8) is 0 Å². The average Bonchev–Trinajstić information content (AvgIpc) is 2.66. The number of unbranched alkanes of at least 4 members (excludes halogenated alkanes) is 4. The Kier molecular flexibility index (Phi) is 9.24. The minimum Gasteiger partial charge on any atom is -0.446 e. The maximum atomic E-state index is 5.12. The normalized spacial score (nSPS) is 9.60. The van der Waals surface area contributed by atoms with Gasteiger partial charge in [-0.15, -0.1) is 0 Å². The summed E-state index contributed by atoms with van der Waals surface area (Å²) in [4.78, 5) is 3.97. The number of hydrogen-bond donors (Lipinski definition) is 0. The summed E-state index contributed by atoms with van der Waals surface area (Å²) in [5, 5.41) is 0. The minimum atomic E-state index is 0.822. The molecule has 15 heavy (non-hydrogen) atoms. The molecule has 0 aliphatic carbocycles. The van der Waals surface area contributed by atoms with Gasteiger partial charge in [0.2, 0.25) is 0 Å². The van der Waals surface area contributed by atoms with Crippen molar-refractivity contribution in [2.75, 3.05) is 0 Å². The maximum Gasteiger partial charge on any atom is 0.194 e. The van der Waals surface area contributed by atoms with Crippen molar-refractivity contribution in [3.8, 4) is 0 Å². The fourth-order valence-corrected chi connectivity index (χ4v) is 1.24. The fraction of sp³-hybridized carbons (Fsp3) is 0.769. The van der Waals surface area contributed by atoms with Gasteiger partial charge in [-0.2, -0.15) is 0 Å². The fourth-order valence-electron chi connectivity index (χ4n) is 1.24. The van der Waals surface area contributed by atoms with E-state index in [4.69, 9.17) is 4.42 Å². The lowest BCUT2D eigenvalue weighted by molar-refractivity contribution is 0.477. The molecule has 1 heterocycles. The molecule has 0 aromatic carbocycles. The summed E-state index contributed by atoms with van der Waals surface area (Å²) in [6.07, 6.45) is 9.63. The molecule has 0 spiro atoms. The Labute approximate surface area is 94.1 Å². The minimum absolute atomic E-state index is 0.822. The van der Waals surface area contributed by atoms with Gasteiger partial charge in [-0.05, 0) is 6.92 Å². The van der Waals surface area contributed by atoms with E-state index in [1.165, 1.54) is 32.1 Å². The summed E-state index contributed by atoms with van der Waals surface area (Å²) in [6, 6.07) is 0. The third kappa shape index (κ3) is 8.22. The lowest BCUT2D eigenvalue weighted by Crippen LogP contribution is -1.73. The van der Waals surface area contributed by atoms with Crippen LogP contribution in [0.15, 0.2) is 10.6 Å². The van der Waals surface area contributed by atoms with Crippen molar-refractivity contribution >= 4 is 0 Å². The number of aryl methyl sites for hydroxylation is 2. The molecule has 2 heteroatoms. The predicted molar refractivity (Wildman–Crippen MR) is 65.1 cm³/mol. The molecule has 0 N–H and O–H groups in total. The first kappa shape index (κ1) is 14.2. The van der Waals surface area contributed by atoms with Crippen LogP contribution in [0.25, 0.3) is 0 Å². The molecule has 0 fully saturated rings. The lowest BCUT2D eigenvalue weighted by Gasteiger charge is -1.90. The van der Waals surface area contributed by atoms with Gasteiger partial charge >= 0.3 is 0 Å². The third-order valence-corrected chi connectivity index (χ3v) is 2.18. The van der Waals surface area contributed by atoms with E-state index in [0.29, 0.717) is 0 Å². The molecule has 0 atom stereocenters. The Morgan fingerprint density at radius 2 is 1.67 bits per heavy atom. The first-order valence-electron chi connectivity index (χ1n) is 6.15. The second-order valence-electron chi connectivity index (χ2n) is 3.78. The highest BCUT2D eigenvalue weighted by molar-refractivity contribution is 4.89. The van der Waals surface area contributed by atoms with E-state index < -0.39 is 0 Å². The third-order valence-electron chi connectivity index (χ3n) is 2.18. The zero-order valence-electron chi connectivity index (χ0n) is 10.7. The van der Waals surface area contributed by atoms with E-state index in [1.807, 2.05) is 13.8 Å². The van der Waals surface area contributed by atoms with Crippen LogP contribution in [0.1, 0.15) is 64.5 Å². The van der Waals surface area contributed by atoms with Crippen molar-refractivity contribution < 1.29 is 4.42 Å². The summed E-state index contributed by atoms with van der Waals surface area (Å²) >= 11 is 0. The molecular formula is C13H25NO. The Morgan fingerprint density at radius 3 is 1.93 bits per heavy atom. The molecule has 0 aliphatic heterocycles. The van der Waals surface area contributed by atoms with E-state index in [2.05, 4.69) is 18.8 Å². The average molecular weight is 211 g/mol. The van der Waals surface area contributed by atoms with Crippen LogP contribution in [0.3, 0.4) is 0 Å². The monoisotopic (exact) mass is 211 g/mol. The molecule has 0 saturated heterocycles. The van der Waals surface area contributed by atoms with Crippen LogP contribution >= 0.6 is 0 Å². The number of nitrogens with zero attached hydrogens (tertiary/aromatic N) is 1. The van der Waals surface area contributed by atoms with Crippen LogP contribution in [-0.2, 0) is 6.42 Å². The Bertz CT molecular complexity index is 226. The van der Waals surface area contributed by atoms with Crippen LogP contribution in [0, 0.1) is 6.92 Å². The molecule has 2 nitrogen and oxygen atoms in total. The highest BCUT2D eigenvalue weighted by Crippen LogP contribution is 2.00. The van der Waals surface area contributed by atoms with Gasteiger partial charge in [0, 0.05) is 6.42 Å². The molecule has 0 amide bonds. The second-order valence-corrected chi connectivity index (χ2v) is 3.78. The summed E-state index contributed by atoms with van der Waals surface area (Å²) in [6.45, 7) is 8.41. The van der Waals surface area contributed by atoms with Gasteiger partial charge in [-0.25, -0.2) is 4.98 Å². The van der Waals surface area contributed by atoms with E-state index in [1.54, 1.807) is 6.20 Å². The molecule has 88 valence electrons. The van der Waals surface area contributed by atoms with Gasteiger partial charge in [0.15, 0.2) is 5.89 Å². The van der Waals surface area contributed by atoms with E-state index in [-0.39, 0.29) is 0 Å². The van der Waals surface area contributed by atoms with Crippen LogP contribution in [0.2, 0.25) is 0 Å². The predicted octanol–water partition coefficient (Wildman–Crippen LogP) is 4.52. The molecule has 0 radical (unpaired) electrons. The van der Waals surface area contributed by atoms with Gasteiger partial charge in [-0.3, -0.25) is 0 Å². The quantitative estimate of drug-likeness (QED) is 0.669. The summed E-state index contributed by atoms with van der Waals surface area (Å²) in [5.74, 6) is 1.71. The number of rotatable bonds is 5. The van der Waals surface area contributed by atoms with Crippen molar-refractivity contribution in [1.29, 1.82) is 0 Å². The zero-order valence-corrected chi connectivity index (χ0v) is 10.7. The summed E-state index contributed by atoms with van der Waals surface area (Å²) < 4.78 is 5.12. The SMILES string of the molecule is CCCCCCC.CCc1ncc(C)o1. The molecule has 0 aliphatic rings. The smallest absolute Gasteiger partial charge is 0.194 e. The molecule has 1 rings (SSSR count). The Hall–Kier alpha value is -0.790. The topological polar surface area (TPSA) is 26.0 Å². The van der Waals surface area contributed by atoms with Crippen molar-refractivity contribution in [2.24, 2.45) is 0 Å². The molecular weight excluding hydrogens is 186 g/mol. The summed E-state index contributed by atoms with van der Waals surface area (Å²) in [5.41, 5.74) is 0. The zero-order chi connectivity index (χ0) is 11.5.